The number of aromatic nitrogens is 2. The molecule has 1 unspecified atom stereocenters. The van der Waals surface area contributed by atoms with Crippen molar-refractivity contribution in [2.24, 2.45) is 7.05 Å². The number of hydrogen-bond donors (Lipinski definition) is 1. The molecule has 1 atom stereocenters. The van der Waals surface area contributed by atoms with Gasteiger partial charge in [0.2, 0.25) is 0 Å². The second kappa shape index (κ2) is 5.27. The molecule has 1 N–H and O–H groups in total. The molecule has 5 heteroatoms. The number of nitrogens with zero attached hydrogens (tertiary/aromatic N) is 2. The van der Waals surface area contributed by atoms with Gasteiger partial charge in [-0.2, -0.15) is 0 Å². The van der Waals surface area contributed by atoms with Crippen molar-refractivity contribution >= 4 is 0 Å². The summed E-state index contributed by atoms with van der Waals surface area (Å²) in [5, 5.41) is 3.08. The third-order valence-corrected chi connectivity index (χ3v) is 2.94. The first kappa shape index (κ1) is 12.7. The molecule has 0 amide bonds. The molecule has 2 aromatic rings. The first-order valence-corrected chi connectivity index (χ1v) is 5.72. The van der Waals surface area contributed by atoms with E-state index in [9.17, 15) is 8.78 Å². The zero-order valence-corrected chi connectivity index (χ0v) is 10.3. The molecule has 0 saturated heterocycles. The van der Waals surface area contributed by atoms with E-state index >= 15 is 0 Å². The van der Waals surface area contributed by atoms with Crippen molar-refractivity contribution in [2.75, 3.05) is 0 Å². The molecule has 96 valence electrons. The van der Waals surface area contributed by atoms with Crippen molar-refractivity contribution in [3.8, 4) is 0 Å². The molecule has 1 heterocycles. The maximum atomic E-state index is 13.5. The summed E-state index contributed by atoms with van der Waals surface area (Å²) >= 11 is 0. The van der Waals surface area contributed by atoms with E-state index in [1.165, 1.54) is 18.2 Å². The standard InChI is InChI=1S/C13H15F2N3/c1-9(13-11(14)4-3-5-12(13)15)17-7-10-6-16-8-18(10)2/h3-6,8-9,17H,7H2,1-2H3. The minimum Gasteiger partial charge on any atom is -0.337 e. The maximum absolute atomic E-state index is 13.5. The summed E-state index contributed by atoms with van der Waals surface area (Å²) in [6, 6.07) is 3.49. The largest absolute Gasteiger partial charge is 0.337 e. The SMILES string of the molecule is CC(NCc1cncn1C)c1c(F)cccc1F. The predicted molar refractivity (Wildman–Crippen MR) is 64.8 cm³/mol. The highest BCUT2D eigenvalue weighted by atomic mass is 19.1. The van der Waals surface area contributed by atoms with Gasteiger partial charge in [-0.3, -0.25) is 0 Å². The molecule has 0 aliphatic carbocycles. The Labute approximate surface area is 104 Å². The fraction of sp³-hybridized carbons (Fsp3) is 0.308. The van der Waals surface area contributed by atoms with Gasteiger partial charge in [-0.15, -0.1) is 0 Å². The average Bonchev–Trinajstić information content (AvgIpc) is 2.72. The van der Waals surface area contributed by atoms with E-state index in [4.69, 9.17) is 0 Å². The van der Waals surface area contributed by atoms with Crippen LogP contribution in [-0.4, -0.2) is 9.55 Å². The minimum atomic E-state index is -0.528. The van der Waals surface area contributed by atoms with Crippen LogP contribution in [0.4, 0.5) is 8.78 Å². The van der Waals surface area contributed by atoms with Crippen molar-refractivity contribution in [3.63, 3.8) is 0 Å². The van der Waals surface area contributed by atoms with Crippen LogP contribution in [0.25, 0.3) is 0 Å². The smallest absolute Gasteiger partial charge is 0.130 e. The van der Waals surface area contributed by atoms with E-state index in [0.29, 0.717) is 6.54 Å². The van der Waals surface area contributed by atoms with Gasteiger partial charge >= 0.3 is 0 Å². The predicted octanol–water partition coefficient (Wildman–Crippen LogP) is 2.55. The normalized spacial score (nSPS) is 12.7. The van der Waals surface area contributed by atoms with Gasteiger partial charge in [-0.1, -0.05) is 6.07 Å². The van der Waals surface area contributed by atoms with Crippen LogP contribution < -0.4 is 5.32 Å². The highest BCUT2D eigenvalue weighted by Gasteiger charge is 2.15. The lowest BCUT2D eigenvalue weighted by Crippen LogP contribution is -2.21. The Morgan fingerprint density at radius 3 is 2.56 bits per heavy atom. The van der Waals surface area contributed by atoms with Gasteiger partial charge in [0.15, 0.2) is 0 Å². The lowest BCUT2D eigenvalue weighted by molar-refractivity contribution is 0.482. The van der Waals surface area contributed by atoms with Gasteiger partial charge in [0, 0.05) is 31.4 Å². The fourth-order valence-electron chi connectivity index (χ4n) is 1.84. The van der Waals surface area contributed by atoms with Crippen molar-refractivity contribution in [3.05, 3.63) is 53.6 Å². The van der Waals surface area contributed by atoms with Crippen molar-refractivity contribution in [1.29, 1.82) is 0 Å². The summed E-state index contributed by atoms with van der Waals surface area (Å²) in [5.41, 5.74) is 1.03. The molecule has 0 saturated carbocycles. The summed E-state index contributed by atoms with van der Waals surface area (Å²) in [6.45, 7) is 2.24. The number of halogens is 2. The van der Waals surface area contributed by atoms with Crippen LogP contribution >= 0.6 is 0 Å². The first-order valence-electron chi connectivity index (χ1n) is 5.72. The Morgan fingerprint density at radius 2 is 2.00 bits per heavy atom. The third-order valence-electron chi connectivity index (χ3n) is 2.94. The van der Waals surface area contributed by atoms with Gasteiger partial charge in [0.25, 0.3) is 0 Å². The molecule has 2 rings (SSSR count). The van der Waals surface area contributed by atoms with E-state index in [1.54, 1.807) is 19.4 Å². The molecular formula is C13H15F2N3. The average molecular weight is 251 g/mol. The summed E-state index contributed by atoms with van der Waals surface area (Å²) in [7, 11) is 1.87. The molecular weight excluding hydrogens is 236 g/mol. The van der Waals surface area contributed by atoms with Crippen LogP contribution in [0.15, 0.2) is 30.7 Å². The van der Waals surface area contributed by atoms with Crippen LogP contribution in [0.5, 0.6) is 0 Å². The molecule has 0 fully saturated rings. The third kappa shape index (κ3) is 2.56. The molecule has 0 spiro atoms. The Morgan fingerprint density at radius 1 is 1.33 bits per heavy atom. The second-order valence-electron chi connectivity index (χ2n) is 4.23. The number of nitrogens with one attached hydrogen (secondary N) is 1. The van der Waals surface area contributed by atoms with E-state index in [1.807, 2.05) is 11.6 Å². The Balaban J connectivity index is 2.08. The molecule has 18 heavy (non-hydrogen) atoms. The van der Waals surface area contributed by atoms with E-state index in [2.05, 4.69) is 10.3 Å². The molecule has 0 radical (unpaired) electrons. The van der Waals surface area contributed by atoms with Gasteiger partial charge in [-0.05, 0) is 19.1 Å². The van der Waals surface area contributed by atoms with Crippen LogP contribution in [0.2, 0.25) is 0 Å². The lowest BCUT2D eigenvalue weighted by Gasteiger charge is -2.15. The second-order valence-corrected chi connectivity index (χ2v) is 4.23. The zero-order chi connectivity index (χ0) is 13.1. The van der Waals surface area contributed by atoms with Crippen molar-refractivity contribution in [1.82, 2.24) is 14.9 Å². The number of rotatable bonds is 4. The topological polar surface area (TPSA) is 29.9 Å². The molecule has 0 bridgehead atoms. The van der Waals surface area contributed by atoms with Gasteiger partial charge in [0.05, 0.1) is 12.0 Å². The Kier molecular flexibility index (Phi) is 3.72. The molecule has 1 aromatic carbocycles. The van der Waals surface area contributed by atoms with E-state index < -0.39 is 17.7 Å². The zero-order valence-electron chi connectivity index (χ0n) is 10.3. The van der Waals surface area contributed by atoms with Crippen LogP contribution in [0, 0.1) is 11.6 Å². The fourth-order valence-corrected chi connectivity index (χ4v) is 1.84. The van der Waals surface area contributed by atoms with E-state index in [-0.39, 0.29) is 5.56 Å². The van der Waals surface area contributed by atoms with Crippen LogP contribution in [-0.2, 0) is 13.6 Å². The maximum Gasteiger partial charge on any atom is 0.130 e. The molecule has 1 aromatic heterocycles. The van der Waals surface area contributed by atoms with Gasteiger partial charge in [-0.25, -0.2) is 13.8 Å². The van der Waals surface area contributed by atoms with Crippen molar-refractivity contribution < 1.29 is 8.78 Å². The van der Waals surface area contributed by atoms with Gasteiger partial charge < -0.3 is 9.88 Å². The number of hydrogen-bond acceptors (Lipinski definition) is 2. The lowest BCUT2D eigenvalue weighted by atomic mass is 10.1. The van der Waals surface area contributed by atoms with Crippen LogP contribution in [0.3, 0.4) is 0 Å². The molecule has 0 aliphatic rings. The summed E-state index contributed by atoms with van der Waals surface area (Å²) < 4.78 is 29.0. The Hall–Kier alpha value is -1.75. The number of imidazole rings is 1. The summed E-state index contributed by atoms with van der Waals surface area (Å²) in [5.74, 6) is -1.06. The molecule has 0 aliphatic heterocycles. The first-order chi connectivity index (χ1) is 8.59. The quantitative estimate of drug-likeness (QED) is 0.905. The van der Waals surface area contributed by atoms with E-state index in [0.717, 1.165) is 5.69 Å². The molecule has 3 nitrogen and oxygen atoms in total. The number of aryl methyl sites for hydroxylation is 1. The number of benzene rings is 1. The Bertz CT molecular complexity index is 517. The monoisotopic (exact) mass is 251 g/mol. The van der Waals surface area contributed by atoms with Crippen molar-refractivity contribution in [2.45, 2.75) is 19.5 Å². The highest BCUT2D eigenvalue weighted by molar-refractivity contribution is 5.22. The van der Waals surface area contributed by atoms with Crippen LogP contribution in [0.1, 0.15) is 24.2 Å². The summed E-state index contributed by atoms with van der Waals surface area (Å²) in [4.78, 5) is 3.98. The summed E-state index contributed by atoms with van der Waals surface area (Å²) in [6.07, 6.45) is 3.41. The van der Waals surface area contributed by atoms with Gasteiger partial charge in [0.1, 0.15) is 11.6 Å². The minimum absolute atomic E-state index is 0.0691. The highest BCUT2D eigenvalue weighted by Crippen LogP contribution is 2.20.